The van der Waals surface area contributed by atoms with Gasteiger partial charge in [-0.1, -0.05) is 31.0 Å². The summed E-state index contributed by atoms with van der Waals surface area (Å²) in [4.78, 5) is 11.8. The number of phenolic OH excluding ortho intramolecular Hbond substituents is 1. The highest BCUT2D eigenvalue weighted by Crippen LogP contribution is 2.27. The van der Waals surface area contributed by atoms with Crippen LogP contribution >= 0.6 is 0 Å². The van der Waals surface area contributed by atoms with Gasteiger partial charge in [-0.2, -0.15) is 0 Å². The Bertz CT molecular complexity index is 461. The summed E-state index contributed by atoms with van der Waals surface area (Å²) in [6.07, 6.45) is 6.29. The second-order valence-electron chi connectivity index (χ2n) is 5.91. The minimum atomic E-state index is -0.157. The van der Waals surface area contributed by atoms with Crippen molar-refractivity contribution in [3.05, 3.63) is 29.8 Å². The third-order valence-electron chi connectivity index (χ3n) is 4.29. The fraction of sp³-hybridized carbons (Fsp3) is 0.588. The van der Waals surface area contributed by atoms with Gasteiger partial charge in [0, 0.05) is 12.1 Å². The van der Waals surface area contributed by atoms with Crippen LogP contribution in [0.1, 0.15) is 44.1 Å². The molecule has 2 atom stereocenters. The van der Waals surface area contributed by atoms with Crippen LogP contribution in [-0.4, -0.2) is 28.8 Å². The van der Waals surface area contributed by atoms with E-state index in [1.807, 2.05) is 6.07 Å². The van der Waals surface area contributed by atoms with E-state index in [0.29, 0.717) is 18.0 Å². The molecule has 0 spiro atoms. The van der Waals surface area contributed by atoms with Crippen molar-refractivity contribution < 1.29 is 15.0 Å². The van der Waals surface area contributed by atoms with Crippen molar-refractivity contribution in [2.75, 3.05) is 6.54 Å². The van der Waals surface area contributed by atoms with Gasteiger partial charge < -0.3 is 15.5 Å². The zero-order valence-electron chi connectivity index (χ0n) is 12.4. The second-order valence-corrected chi connectivity index (χ2v) is 5.91. The molecule has 2 unspecified atom stereocenters. The Morgan fingerprint density at radius 1 is 1.24 bits per heavy atom. The highest BCUT2D eigenvalue weighted by molar-refractivity contribution is 5.79. The van der Waals surface area contributed by atoms with Crippen LogP contribution < -0.4 is 5.32 Å². The fourth-order valence-corrected chi connectivity index (χ4v) is 3.01. The summed E-state index contributed by atoms with van der Waals surface area (Å²) in [7, 11) is 0. The Morgan fingerprint density at radius 2 is 2.00 bits per heavy atom. The zero-order chi connectivity index (χ0) is 15.1. The maximum Gasteiger partial charge on any atom is 0.224 e. The molecule has 1 aliphatic rings. The molecule has 1 aromatic rings. The minimum Gasteiger partial charge on any atom is -0.508 e. The van der Waals surface area contributed by atoms with Crippen LogP contribution in [0.3, 0.4) is 0 Å². The van der Waals surface area contributed by atoms with E-state index in [9.17, 15) is 15.0 Å². The van der Waals surface area contributed by atoms with Gasteiger partial charge in [-0.05, 0) is 37.7 Å². The van der Waals surface area contributed by atoms with E-state index in [2.05, 4.69) is 5.32 Å². The van der Waals surface area contributed by atoms with Crippen molar-refractivity contribution in [2.45, 2.75) is 51.0 Å². The minimum absolute atomic E-state index is 0.0688. The maximum absolute atomic E-state index is 11.8. The van der Waals surface area contributed by atoms with Crippen LogP contribution in [0.5, 0.6) is 5.75 Å². The number of carbonyl (C=O) groups is 1. The number of hydrogen-bond donors (Lipinski definition) is 3. The van der Waals surface area contributed by atoms with Crippen LogP contribution in [0.25, 0.3) is 0 Å². The SMILES string of the molecule is O=C(Cc1ccccc1O)NCCCC1CCCCC1O. The van der Waals surface area contributed by atoms with Gasteiger partial charge in [0.15, 0.2) is 0 Å². The third-order valence-corrected chi connectivity index (χ3v) is 4.29. The molecule has 0 heterocycles. The Morgan fingerprint density at radius 3 is 2.76 bits per heavy atom. The molecule has 0 saturated heterocycles. The summed E-state index contributed by atoms with van der Waals surface area (Å²) in [5.74, 6) is 0.493. The Labute approximate surface area is 126 Å². The number of aromatic hydroxyl groups is 1. The second kappa shape index (κ2) is 8.03. The van der Waals surface area contributed by atoms with E-state index < -0.39 is 0 Å². The molecule has 0 radical (unpaired) electrons. The summed E-state index contributed by atoms with van der Waals surface area (Å²) in [5.41, 5.74) is 0.651. The predicted molar refractivity (Wildman–Crippen MR) is 82.0 cm³/mol. The van der Waals surface area contributed by atoms with Crippen molar-refractivity contribution in [2.24, 2.45) is 5.92 Å². The van der Waals surface area contributed by atoms with E-state index in [0.717, 1.165) is 32.1 Å². The first-order chi connectivity index (χ1) is 10.2. The van der Waals surface area contributed by atoms with E-state index in [1.165, 1.54) is 6.42 Å². The lowest BCUT2D eigenvalue weighted by Gasteiger charge is -2.27. The number of aliphatic hydroxyl groups is 1. The van der Waals surface area contributed by atoms with Crippen LogP contribution in [0.15, 0.2) is 24.3 Å². The molecule has 0 aliphatic heterocycles. The molecule has 1 aromatic carbocycles. The van der Waals surface area contributed by atoms with Gasteiger partial charge in [0.05, 0.1) is 12.5 Å². The van der Waals surface area contributed by atoms with Gasteiger partial charge in [-0.3, -0.25) is 4.79 Å². The zero-order valence-corrected chi connectivity index (χ0v) is 12.4. The standard InChI is InChI=1S/C17H25NO3/c19-15-9-3-1-6-13(15)8-5-11-18-17(21)12-14-7-2-4-10-16(14)20/h2,4,7,10,13,15,19-20H,1,3,5-6,8-9,11-12H2,(H,18,21). The molecule has 1 saturated carbocycles. The van der Waals surface area contributed by atoms with Crippen LogP contribution in [0.4, 0.5) is 0 Å². The highest BCUT2D eigenvalue weighted by Gasteiger charge is 2.22. The Balaban J connectivity index is 1.64. The molecule has 4 heteroatoms. The quantitative estimate of drug-likeness (QED) is 0.705. The predicted octanol–water partition coefficient (Wildman–Crippen LogP) is 2.38. The summed E-state index contributed by atoms with van der Waals surface area (Å²) in [6, 6.07) is 6.90. The number of aliphatic hydroxyl groups excluding tert-OH is 1. The summed E-state index contributed by atoms with van der Waals surface area (Å²) in [6.45, 7) is 0.635. The molecule has 3 N–H and O–H groups in total. The van der Waals surface area contributed by atoms with Gasteiger partial charge in [-0.25, -0.2) is 0 Å². The monoisotopic (exact) mass is 291 g/mol. The van der Waals surface area contributed by atoms with Crippen LogP contribution in [0, 0.1) is 5.92 Å². The number of para-hydroxylation sites is 1. The van der Waals surface area contributed by atoms with E-state index in [-0.39, 0.29) is 24.2 Å². The molecule has 0 bridgehead atoms. The van der Waals surface area contributed by atoms with E-state index in [1.54, 1.807) is 18.2 Å². The van der Waals surface area contributed by atoms with Crippen molar-refractivity contribution in [3.63, 3.8) is 0 Å². The number of rotatable bonds is 6. The van der Waals surface area contributed by atoms with Crippen molar-refractivity contribution in [1.29, 1.82) is 0 Å². The van der Waals surface area contributed by atoms with E-state index >= 15 is 0 Å². The maximum atomic E-state index is 11.8. The molecule has 1 aliphatic carbocycles. The Kier molecular flexibility index (Phi) is 6.05. The van der Waals surface area contributed by atoms with E-state index in [4.69, 9.17) is 0 Å². The van der Waals surface area contributed by atoms with Crippen molar-refractivity contribution in [1.82, 2.24) is 5.32 Å². The molecule has 1 fully saturated rings. The number of benzene rings is 1. The average Bonchev–Trinajstić information content (AvgIpc) is 2.48. The first-order valence-corrected chi connectivity index (χ1v) is 7.88. The number of nitrogens with one attached hydrogen (secondary N) is 1. The van der Waals surface area contributed by atoms with Crippen LogP contribution in [-0.2, 0) is 11.2 Å². The highest BCUT2D eigenvalue weighted by atomic mass is 16.3. The van der Waals surface area contributed by atoms with Gasteiger partial charge in [0.25, 0.3) is 0 Å². The molecule has 116 valence electrons. The van der Waals surface area contributed by atoms with Gasteiger partial charge in [0.1, 0.15) is 5.75 Å². The number of phenols is 1. The number of hydrogen-bond acceptors (Lipinski definition) is 3. The lowest BCUT2D eigenvalue weighted by molar-refractivity contribution is -0.120. The fourth-order valence-electron chi connectivity index (χ4n) is 3.01. The molecular weight excluding hydrogens is 266 g/mol. The normalized spacial score (nSPS) is 22.0. The van der Waals surface area contributed by atoms with Crippen LogP contribution in [0.2, 0.25) is 0 Å². The molecule has 2 rings (SSSR count). The van der Waals surface area contributed by atoms with Gasteiger partial charge >= 0.3 is 0 Å². The summed E-state index contributed by atoms with van der Waals surface area (Å²) >= 11 is 0. The Hall–Kier alpha value is -1.55. The molecular formula is C17H25NO3. The first kappa shape index (κ1) is 15.8. The van der Waals surface area contributed by atoms with Crippen molar-refractivity contribution in [3.8, 4) is 5.75 Å². The lowest BCUT2D eigenvalue weighted by atomic mass is 9.83. The topological polar surface area (TPSA) is 69.6 Å². The number of carbonyl (C=O) groups excluding carboxylic acids is 1. The average molecular weight is 291 g/mol. The smallest absolute Gasteiger partial charge is 0.224 e. The van der Waals surface area contributed by atoms with Gasteiger partial charge in [-0.15, -0.1) is 0 Å². The summed E-state index contributed by atoms with van der Waals surface area (Å²) in [5, 5.41) is 22.4. The third kappa shape index (κ3) is 5.05. The number of amides is 1. The van der Waals surface area contributed by atoms with Gasteiger partial charge in [0.2, 0.25) is 5.91 Å². The lowest BCUT2D eigenvalue weighted by Crippen LogP contribution is -2.28. The summed E-state index contributed by atoms with van der Waals surface area (Å²) < 4.78 is 0. The first-order valence-electron chi connectivity index (χ1n) is 7.88. The molecule has 1 amide bonds. The molecule has 4 nitrogen and oxygen atoms in total. The van der Waals surface area contributed by atoms with Crippen molar-refractivity contribution >= 4 is 5.91 Å². The largest absolute Gasteiger partial charge is 0.508 e. The molecule has 21 heavy (non-hydrogen) atoms. The molecule has 0 aromatic heterocycles.